The van der Waals surface area contributed by atoms with Gasteiger partial charge in [0.05, 0.1) is 16.1 Å². The molecule has 1 aromatic carbocycles. The van der Waals surface area contributed by atoms with E-state index < -0.39 is 5.97 Å². The Morgan fingerprint density at radius 1 is 1.18 bits per heavy atom. The van der Waals surface area contributed by atoms with Gasteiger partial charge in [0.25, 0.3) is 0 Å². The van der Waals surface area contributed by atoms with Crippen molar-refractivity contribution in [3.05, 3.63) is 33.8 Å². The van der Waals surface area contributed by atoms with Gasteiger partial charge in [-0.3, -0.25) is 9.59 Å². The van der Waals surface area contributed by atoms with Gasteiger partial charge in [-0.2, -0.15) is 0 Å². The second kappa shape index (κ2) is 7.84. The Morgan fingerprint density at radius 3 is 2.59 bits per heavy atom. The van der Waals surface area contributed by atoms with E-state index in [2.05, 4.69) is 0 Å². The molecule has 1 heterocycles. The summed E-state index contributed by atoms with van der Waals surface area (Å²) in [6, 6.07) is 5.54. The van der Waals surface area contributed by atoms with Crippen molar-refractivity contribution >= 4 is 35.1 Å². The number of nitrogens with zero attached hydrogens (tertiary/aromatic N) is 1. The van der Waals surface area contributed by atoms with Crippen LogP contribution in [0, 0.1) is 0 Å². The van der Waals surface area contributed by atoms with Crippen molar-refractivity contribution in [3.63, 3.8) is 0 Å². The zero-order chi connectivity index (χ0) is 16.1. The number of unbranched alkanes of at least 4 members (excludes halogenated alkanes) is 1. The molecule has 1 saturated heterocycles. The molecule has 6 heteroatoms. The molecule has 1 unspecified atom stereocenters. The van der Waals surface area contributed by atoms with E-state index in [0.29, 0.717) is 29.3 Å². The van der Waals surface area contributed by atoms with Gasteiger partial charge in [0, 0.05) is 19.4 Å². The molecule has 4 nitrogen and oxygen atoms in total. The van der Waals surface area contributed by atoms with Gasteiger partial charge in [0.15, 0.2) is 0 Å². The predicted molar refractivity (Wildman–Crippen MR) is 86.3 cm³/mol. The minimum atomic E-state index is -0.817. The van der Waals surface area contributed by atoms with E-state index >= 15 is 0 Å². The fourth-order valence-corrected chi connectivity index (χ4v) is 3.13. The summed E-state index contributed by atoms with van der Waals surface area (Å²) in [6.45, 7) is 0.739. The smallest absolute Gasteiger partial charge is 0.303 e. The second-order valence-corrected chi connectivity index (χ2v) is 6.33. The highest BCUT2D eigenvalue weighted by Crippen LogP contribution is 2.35. The number of halogens is 2. The molecule has 1 atom stereocenters. The summed E-state index contributed by atoms with van der Waals surface area (Å²) in [4.78, 5) is 24.7. The maximum absolute atomic E-state index is 12.3. The quantitative estimate of drug-likeness (QED) is 0.783. The number of amides is 1. The fraction of sp³-hybridized carbons (Fsp3) is 0.500. The van der Waals surface area contributed by atoms with Crippen LogP contribution in [-0.2, 0) is 9.59 Å². The molecule has 0 spiro atoms. The summed E-state index contributed by atoms with van der Waals surface area (Å²) in [5, 5.41) is 9.62. The Morgan fingerprint density at radius 2 is 1.91 bits per heavy atom. The van der Waals surface area contributed by atoms with Gasteiger partial charge in [-0.15, -0.1) is 0 Å². The largest absolute Gasteiger partial charge is 0.481 e. The number of carboxylic acids is 1. The third-order valence-electron chi connectivity index (χ3n) is 3.93. The van der Waals surface area contributed by atoms with E-state index in [-0.39, 0.29) is 18.4 Å². The zero-order valence-corrected chi connectivity index (χ0v) is 13.7. The van der Waals surface area contributed by atoms with Crippen molar-refractivity contribution < 1.29 is 14.7 Å². The number of carboxylic acid groups (broad SMARTS) is 1. The van der Waals surface area contributed by atoms with E-state index in [1.54, 1.807) is 6.07 Å². The van der Waals surface area contributed by atoms with Crippen molar-refractivity contribution in [1.82, 2.24) is 4.90 Å². The molecule has 0 aliphatic carbocycles. The average Bonchev–Trinajstić information content (AvgIpc) is 2.95. The Kier molecular flexibility index (Phi) is 6.09. The minimum absolute atomic E-state index is 0.0433. The fourth-order valence-electron chi connectivity index (χ4n) is 2.83. The number of benzene rings is 1. The lowest BCUT2D eigenvalue weighted by Crippen LogP contribution is -2.30. The first-order chi connectivity index (χ1) is 10.5. The lowest BCUT2D eigenvalue weighted by molar-refractivity contribution is -0.137. The summed E-state index contributed by atoms with van der Waals surface area (Å²) < 4.78 is 0. The number of likely N-dealkylation sites (tertiary alicyclic amines) is 1. The van der Waals surface area contributed by atoms with Gasteiger partial charge in [-0.1, -0.05) is 29.3 Å². The molecule has 0 radical (unpaired) electrons. The van der Waals surface area contributed by atoms with Gasteiger partial charge in [-0.25, -0.2) is 0 Å². The Hall–Kier alpha value is -1.26. The average molecular weight is 344 g/mol. The predicted octanol–water partition coefficient (Wildman–Crippen LogP) is 4.30. The lowest BCUT2D eigenvalue weighted by Gasteiger charge is -2.25. The zero-order valence-electron chi connectivity index (χ0n) is 12.2. The highest BCUT2D eigenvalue weighted by atomic mass is 35.5. The SMILES string of the molecule is O=C(O)CCCCC(=O)N1CCCC1c1ccc(Cl)c(Cl)c1. The molecule has 120 valence electrons. The van der Waals surface area contributed by atoms with Gasteiger partial charge >= 0.3 is 5.97 Å². The number of aliphatic carboxylic acids is 1. The Labute approximate surface area is 140 Å². The van der Waals surface area contributed by atoms with E-state index in [0.717, 1.165) is 24.9 Å². The maximum atomic E-state index is 12.3. The maximum Gasteiger partial charge on any atom is 0.303 e. The molecule has 0 bridgehead atoms. The molecular formula is C16H19Cl2NO3. The van der Waals surface area contributed by atoms with Gasteiger partial charge < -0.3 is 10.0 Å². The molecule has 1 aliphatic rings. The molecule has 0 saturated carbocycles. The molecule has 1 aromatic rings. The lowest BCUT2D eigenvalue weighted by atomic mass is 10.0. The van der Waals surface area contributed by atoms with Crippen LogP contribution in [0.3, 0.4) is 0 Å². The van der Waals surface area contributed by atoms with Gasteiger partial charge in [0.2, 0.25) is 5.91 Å². The summed E-state index contributed by atoms with van der Waals surface area (Å²) >= 11 is 12.0. The van der Waals surface area contributed by atoms with Crippen molar-refractivity contribution in [2.45, 2.75) is 44.6 Å². The molecule has 1 N–H and O–H groups in total. The van der Waals surface area contributed by atoms with Gasteiger partial charge in [0.1, 0.15) is 0 Å². The van der Waals surface area contributed by atoms with E-state index in [1.165, 1.54) is 0 Å². The van der Waals surface area contributed by atoms with E-state index in [1.807, 2.05) is 17.0 Å². The van der Waals surface area contributed by atoms with Crippen LogP contribution in [0.25, 0.3) is 0 Å². The number of hydrogen-bond donors (Lipinski definition) is 1. The Balaban J connectivity index is 1.96. The minimum Gasteiger partial charge on any atom is -0.481 e. The van der Waals surface area contributed by atoms with Crippen LogP contribution in [0.15, 0.2) is 18.2 Å². The first kappa shape index (κ1) is 17.1. The normalized spacial score (nSPS) is 17.7. The summed E-state index contributed by atoms with van der Waals surface area (Å²) in [5.74, 6) is -0.735. The molecule has 1 aliphatic heterocycles. The second-order valence-electron chi connectivity index (χ2n) is 5.52. The van der Waals surface area contributed by atoms with E-state index in [9.17, 15) is 9.59 Å². The molecule has 0 aromatic heterocycles. The standard InChI is InChI=1S/C16H19Cl2NO3/c17-12-8-7-11(10-13(12)18)14-4-3-9-19(14)15(20)5-1-2-6-16(21)22/h7-8,10,14H,1-6,9H2,(H,21,22). The molecular weight excluding hydrogens is 325 g/mol. The number of rotatable bonds is 6. The monoisotopic (exact) mass is 343 g/mol. The third-order valence-corrected chi connectivity index (χ3v) is 4.67. The van der Waals surface area contributed by atoms with Crippen LogP contribution < -0.4 is 0 Å². The van der Waals surface area contributed by atoms with Crippen LogP contribution >= 0.6 is 23.2 Å². The molecule has 22 heavy (non-hydrogen) atoms. The highest BCUT2D eigenvalue weighted by molar-refractivity contribution is 6.42. The van der Waals surface area contributed by atoms with Crippen LogP contribution in [0.1, 0.15) is 50.1 Å². The number of hydrogen-bond acceptors (Lipinski definition) is 2. The summed E-state index contributed by atoms with van der Waals surface area (Å²) in [5.41, 5.74) is 1.01. The van der Waals surface area contributed by atoms with Gasteiger partial charge in [-0.05, 0) is 43.4 Å². The first-order valence-electron chi connectivity index (χ1n) is 7.45. The van der Waals surface area contributed by atoms with Crippen molar-refractivity contribution in [2.24, 2.45) is 0 Å². The summed E-state index contributed by atoms with van der Waals surface area (Å²) in [6.07, 6.45) is 3.53. The van der Waals surface area contributed by atoms with Crippen molar-refractivity contribution in [3.8, 4) is 0 Å². The van der Waals surface area contributed by atoms with Crippen molar-refractivity contribution in [2.75, 3.05) is 6.54 Å². The molecule has 2 rings (SSSR count). The van der Waals surface area contributed by atoms with E-state index in [4.69, 9.17) is 28.3 Å². The van der Waals surface area contributed by atoms with Crippen molar-refractivity contribution in [1.29, 1.82) is 0 Å². The third kappa shape index (κ3) is 4.37. The highest BCUT2D eigenvalue weighted by Gasteiger charge is 2.29. The number of carbonyl (C=O) groups excluding carboxylic acids is 1. The number of carbonyl (C=O) groups is 2. The van der Waals surface area contributed by atoms with Crippen LogP contribution in [0.2, 0.25) is 10.0 Å². The first-order valence-corrected chi connectivity index (χ1v) is 8.21. The van der Waals surface area contributed by atoms with Crippen LogP contribution in [-0.4, -0.2) is 28.4 Å². The Bertz CT molecular complexity index is 562. The van der Waals surface area contributed by atoms with Crippen LogP contribution in [0.5, 0.6) is 0 Å². The topological polar surface area (TPSA) is 57.6 Å². The van der Waals surface area contributed by atoms with Crippen LogP contribution in [0.4, 0.5) is 0 Å². The molecule has 1 amide bonds. The molecule has 1 fully saturated rings. The summed E-state index contributed by atoms with van der Waals surface area (Å²) in [7, 11) is 0.